The molecule has 0 radical (unpaired) electrons. The van der Waals surface area contributed by atoms with Gasteiger partial charge in [-0.25, -0.2) is 0 Å². The first kappa shape index (κ1) is 8.45. The summed E-state index contributed by atoms with van der Waals surface area (Å²) >= 11 is 0. The highest BCUT2D eigenvalue weighted by Crippen LogP contribution is 2.35. The van der Waals surface area contributed by atoms with Crippen LogP contribution in [0.5, 0.6) is 0 Å². The van der Waals surface area contributed by atoms with Crippen molar-refractivity contribution in [2.75, 3.05) is 0 Å². The van der Waals surface area contributed by atoms with Gasteiger partial charge in [0.2, 0.25) is 0 Å². The van der Waals surface area contributed by atoms with E-state index in [1.54, 1.807) is 0 Å². The molecule has 0 N–H and O–H groups in total. The fourth-order valence-corrected chi connectivity index (χ4v) is 1.56. The molecule has 0 unspecified atom stereocenters. The Morgan fingerprint density at radius 2 is 1.73 bits per heavy atom. The molecule has 62 valence electrons. The highest BCUT2D eigenvalue weighted by molar-refractivity contribution is 4.97. The van der Waals surface area contributed by atoms with Gasteiger partial charge in [-0.2, -0.15) is 14.0 Å². The van der Waals surface area contributed by atoms with Crippen LogP contribution in [-0.2, 0) is 0 Å². The van der Waals surface area contributed by atoms with Crippen LogP contribution in [0.2, 0.25) is 0 Å². The average Bonchev–Trinajstić information content (AvgIpc) is 2.06. The van der Waals surface area contributed by atoms with Gasteiger partial charge in [0.05, 0.1) is 0 Å². The van der Waals surface area contributed by atoms with Crippen LogP contribution in [0.1, 0.15) is 32.1 Å². The molecule has 1 aliphatic rings. The van der Waals surface area contributed by atoms with E-state index in [1.807, 2.05) is 0 Å². The van der Waals surface area contributed by atoms with E-state index < -0.39 is 11.8 Å². The maximum Gasteiger partial charge on any atom is 0.334 e. The molecule has 11 heavy (non-hydrogen) atoms. The molecule has 0 aromatic rings. The Morgan fingerprint density at radius 3 is 2.18 bits per heavy atom. The minimum Gasteiger partial charge on any atom is -0.192 e. The van der Waals surface area contributed by atoms with Crippen LogP contribution >= 0.6 is 0 Å². The number of nitriles is 1. The van der Waals surface area contributed by atoms with Gasteiger partial charge in [-0.3, -0.25) is 0 Å². The Balaban J connectivity index is 2.52. The SMILES string of the molecule is N#CC(F)(F)C1CCCCC1. The molecule has 0 bridgehead atoms. The molecule has 0 saturated heterocycles. The largest absolute Gasteiger partial charge is 0.334 e. The number of halogens is 2. The highest BCUT2D eigenvalue weighted by atomic mass is 19.3. The number of nitrogens with zero attached hydrogens (tertiary/aromatic N) is 1. The van der Waals surface area contributed by atoms with Crippen molar-refractivity contribution in [3.05, 3.63) is 0 Å². The summed E-state index contributed by atoms with van der Waals surface area (Å²) in [4.78, 5) is 0. The second kappa shape index (κ2) is 3.17. The van der Waals surface area contributed by atoms with Crippen molar-refractivity contribution in [2.45, 2.75) is 38.0 Å². The fraction of sp³-hybridized carbons (Fsp3) is 0.875. The van der Waals surface area contributed by atoms with Crippen molar-refractivity contribution in [1.29, 1.82) is 5.26 Å². The Hall–Kier alpha value is -0.650. The summed E-state index contributed by atoms with van der Waals surface area (Å²) in [5, 5.41) is 8.15. The van der Waals surface area contributed by atoms with E-state index in [-0.39, 0.29) is 0 Å². The van der Waals surface area contributed by atoms with Gasteiger partial charge in [-0.05, 0) is 12.8 Å². The molecule has 0 aromatic heterocycles. The minimum absolute atomic E-state index is 0.514. The number of alkyl halides is 2. The summed E-state index contributed by atoms with van der Waals surface area (Å²) in [6, 6.07) is 1.08. The molecular formula is C8H11F2N. The zero-order chi connectivity index (χ0) is 8.32. The third-order valence-corrected chi connectivity index (χ3v) is 2.27. The summed E-state index contributed by atoms with van der Waals surface area (Å²) in [5.74, 6) is -3.76. The number of hydrogen-bond donors (Lipinski definition) is 0. The fourth-order valence-electron chi connectivity index (χ4n) is 1.56. The van der Waals surface area contributed by atoms with Crippen LogP contribution in [0.4, 0.5) is 8.78 Å². The van der Waals surface area contributed by atoms with Gasteiger partial charge in [0, 0.05) is 5.92 Å². The summed E-state index contributed by atoms with van der Waals surface area (Å²) in [6.07, 6.45) is 3.77. The van der Waals surface area contributed by atoms with E-state index in [2.05, 4.69) is 0 Å². The Bertz CT molecular complexity index is 165. The second-order valence-electron chi connectivity index (χ2n) is 3.07. The lowest BCUT2D eigenvalue weighted by atomic mass is 9.85. The van der Waals surface area contributed by atoms with Gasteiger partial charge < -0.3 is 0 Å². The molecule has 0 amide bonds. The molecule has 1 aliphatic carbocycles. The summed E-state index contributed by atoms with van der Waals surface area (Å²) in [7, 11) is 0. The molecule has 0 atom stereocenters. The molecule has 1 rings (SSSR count). The maximum atomic E-state index is 12.7. The van der Waals surface area contributed by atoms with E-state index in [0.717, 1.165) is 25.3 Å². The highest BCUT2D eigenvalue weighted by Gasteiger charge is 2.39. The standard InChI is InChI=1S/C8H11F2N/c9-8(10,6-11)7-4-2-1-3-5-7/h7H,1-5H2. The lowest BCUT2D eigenvalue weighted by Crippen LogP contribution is -2.28. The molecule has 0 aromatic carbocycles. The third kappa shape index (κ3) is 1.89. The van der Waals surface area contributed by atoms with E-state index in [0.29, 0.717) is 12.8 Å². The molecule has 1 fully saturated rings. The predicted molar refractivity (Wildman–Crippen MR) is 37.1 cm³/mol. The van der Waals surface area contributed by atoms with Crippen LogP contribution in [-0.4, -0.2) is 5.92 Å². The Morgan fingerprint density at radius 1 is 1.18 bits per heavy atom. The summed E-state index contributed by atoms with van der Waals surface area (Å²) in [5.41, 5.74) is 0. The number of hydrogen-bond acceptors (Lipinski definition) is 1. The number of rotatable bonds is 1. The molecule has 1 saturated carbocycles. The van der Waals surface area contributed by atoms with Gasteiger partial charge >= 0.3 is 5.92 Å². The minimum atomic E-state index is -3.08. The van der Waals surface area contributed by atoms with E-state index in [4.69, 9.17) is 5.26 Å². The van der Waals surface area contributed by atoms with Crippen molar-refractivity contribution in [3.63, 3.8) is 0 Å². The van der Waals surface area contributed by atoms with Crippen LogP contribution in [0.15, 0.2) is 0 Å². The normalized spacial score (nSPS) is 21.2. The average molecular weight is 159 g/mol. The van der Waals surface area contributed by atoms with E-state index in [1.165, 1.54) is 0 Å². The maximum absolute atomic E-state index is 12.7. The van der Waals surface area contributed by atoms with Crippen LogP contribution < -0.4 is 0 Å². The second-order valence-corrected chi connectivity index (χ2v) is 3.07. The summed E-state index contributed by atoms with van der Waals surface area (Å²) < 4.78 is 25.4. The molecular weight excluding hydrogens is 148 g/mol. The zero-order valence-electron chi connectivity index (χ0n) is 6.32. The lowest BCUT2D eigenvalue weighted by Gasteiger charge is -2.24. The molecule has 3 heteroatoms. The molecule has 1 nitrogen and oxygen atoms in total. The Kier molecular flexibility index (Phi) is 2.43. The van der Waals surface area contributed by atoms with Crippen molar-refractivity contribution < 1.29 is 8.78 Å². The molecule has 0 heterocycles. The topological polar surface area (TPSA) is 23.8 Å². The zero-order valence-corrected chi connectivity index (χ0v) is 6.32. The quantitative estimate of drug-likeness (QED) is 0.577. The smallest absolute Gasteiger partial charge is 0.192 e. The lowest BCUT2D eigenvalue weighted by molar-refractivity contribution is -0.0166. The predicted octanol–water partition coefficient (Wildman–Crippen LogP) is 2.73. The Labute approximate surface area is 65.0 Å². The van der Waals surface area contributed by atoms with Crippen molar-refractivity contribution in [1.82, 2.24) is 0 Å². The van der Waals surface area contributed by atoms with Gasteiger partial charge in [0.15, 0.2) is 0 Å². The van der Waals surface area contributed by atoms with Crippen LogP contribution in [0.3, 0.4) is 0 Å². The molecule has 0 aliphatic heterocycles. The van der Waals surface area contributed by atoms with E-state index in [9.17, 15) is 8.78 Å². The van der Waals surface area contributed by atoms with E-state index >= 15 is 0 Å². The summed E-state index contributed by atoms with van der Waals surface area (Å²) in [6.45, 7) is 0. The van der Waals surface area contributed by atoms with Crippen LogP contribution in [0, 0.1) is 17.2 Å². The van der Waals surface area contributed by atoms with Gasteiger partial charge in [-0.1, -0.05) is 19.3 Å². The monoisotopic (exact) mass is 159 g/mol. The molecule has 0 spiro atoms. The van der Waals surface area contributed by atoms with Gasteiger partial charge in [0.25, 0.3) is 0 Å². The first-order valence-corrected chi connectivity index (χ1v) is 3.96. The first-order valence-electron chi connectivity index (χ1n) is 3.96. The van der Waals surface area contributed by atoms with Crippen molar-refractivity contribution in [3.8, 4) is 6.07 Å². The van der Waals surface area contributed by atoms with Gasteiger partial charge in [0.1, 0.15) is 6.07 Å². The van der Waals surface area contributed by atoms with Crippen molar-refractivity contribution in [2.24, 2.45) is 5.92 Å². The van der Waals surface area contributed by atoms with Crippen LogP contribution in [0.25, 0.3) is 0 Å². The van der Waals surface area contributed by atoms with Gasteiger partial charge in [-0.15, -0.1) is 0 Å². The third-order valence-electron chi connectivity index (χ3n) is 2.27. The first-order chi connectivity index (χ1) is 5.17. The van der Waals surface area contributed by atoms with Crippen molar-refractivity contribution >= 4 is 0 Å².